The van der Waals surface area contributed by atoms with Gasteiger partial charge in [0.2, 0.25) is 11.8 Å². The summed E-state index contributed by atoms with van der Waals surface area (Å²) in [6.45, 7) is 5.90. The quantitative estimate of drug-likeness (QED) is 0.772. The maximum absolute atomic E-state index is 12.5. The first-order chi connectivity index (χ1) is 13.3. The van der Waals surface area contributed by atoms with Gasteiger partial charge in [-0.05, 0) is 56.7 Å². The number of hydrogen-bond acceptors (Lipinski definition) is 4. The second-order valence-electron chi connectivity index (χ2n) is 7.68. The van der Waals surface area contributed by atoms with Gasteiger partial charge in [0, 0.05) is 17.7 Å². The number of fused-ring (bicyclic) bond motifs is 1. The molecule has 28 heavy (non-hydrogen) atoms. The summed E-state index contributed by atoms with van der Waals surface area (Å²) in [5.74, 6) is 0.729. The van der Waals surface area contributed by atoms with Crippen LogP contribution in [0, 0.1) is 6.92 Å². The van der Waals surface area contributed by atoms with Crippen molar-refractivity contribution in [1.82, 2.24) is 5.32 Å². The van der Waals surface area contributed by atoms with Crippen LogP contribution in [0.2, 0.25) is 0 Å². The zero-order valence-corrected chi connectivity index (χ0v) is 16.7. The van der Waals surface area contributed by atoms with Gasteiger partial charge in [-0.15, -0.1) is 0 Å². The first-order valence-electron chi connectivity index (χ1n) is 9.28. The molecule has 0 radical (unpaired) electrons. The Morgan fingerprint density at radius 2 is 1.96 bits per heavy atom. The molecule has 0 bridgehead atoms. The molecule has 0 aliphatic carbocycles. The summed E-state index contributed by atoms with van der Waals surface area (Å²) in [5.41, 5.74) is 2.15. The van der Waals surface area contributed by atoms with Crippen molar-refractivity contribution in [2.45, 2.75) is 45.3 Å². The number of hydrogen-bond donors (Lipinski definition) is 2. The zero-order valence-electron chi connectivity index (χ0n) is 16.7. The topological polar surface area (TPSA) is 76.7 Å². The highest BCUT2D eigenvalue weighted by molar-refractivity contribution is 6.03. The average molecular weight is 382 g/mol. The Morgan fingerprint density at radius 1 is 1.18 bits per heavy atom. The number of rotatable bonds is 5. The number of benzene rings is 2. The minimum absolute atomic E-state index is 0.245. The van der Waals surface area contributed by atoms with Crippen molar-refractivity contribution in [1.29, 1.82) is 0 Å². The molecule has 2 N–H and O–H groups in total. The number of anilines is 1. The van der Waals surface area contributed by atoms with Crippen molar-refractivity contribution in [2.75, 3.05) is 12.4 Å². The molecule has 6 heteroatoms. The number of amides is 2. The fourth-order valence-corrected chi connectivity index (χ4v) is 3.41. The van der Waals surface area contributed by atoms with E-state index in [2.05, 4.69) is 10.6 Å². The first kappa shape index (κ1) is 19.7. The lowest BCUT2D eigenvalue weighted by Gasteiger charge is -2.38. The number of carbonyl (C=O) groups is 2. The average Bonchev–Trinajstić information content (AvgIpc) is 2.60. The smallest absolute Gasteiger partial charge is 0.233 e. The Labute approximate surface area is 165 Å². The molecule has 2 aromatic rings. The molecule has 2 aromatic carbocycles. The molecular formula is C22H26N2O4. The van der Waals surface area contributed by atoms with Gasteiger partial charge in [0.25, 0.3) is 0 Å². The molecule has 0 fully saturated rings. The number of nitrogens with one attached hydrogen (secondary N) is 2. The van der Waals surface area contributed by atoms with Crippen molar-refractivity contribution in [3.63, 3.8) is 0 Å². The van der Waals surface area contributed by atoms with Gasteiger partial charge in [-0.25, -0.2) is 0 Å². The summed E-state index contributed by atoms with van der Waals surface area (Å²) >= 11 is 0. The van der Waals surface area contributed by atoms with E-state index in [1.807, 2.05) is 57.2 Å². The molecular weight excluding hydrogens is 356 g/mol. The largest absolute Gasteiger partial charge is 0.497 e. The van der Waals surface area contributed by atoms with Crippen LogP contribution in [0.1, 0.15) is 43.9 Å². The third kappa shape index (κ3) is 4.82. The van der Waals surface area contributed by atoms with Crippen LogP contribution in [0.4, 0.5) is 5.69 Å². The fourth-order valence-electron chi connectivity index (χ4n) is 3.41. The summed E-state index contributed by atoms with van der Waals surface area (Å²) in [7, 11) is 1.60. The van der Waals surface area contributed by atoms with Crippen LogP contribution in [-0.2, 0) is 9.59 Å². The minimum atomic E-state index is -0.427. The Bertz CT molecular complexity index is 892. The van der Waals surface area contributed by atoms with Crippen molar-refractivity contribution in [3.8, 4) is 11.5 Å². The second kappa shape index (κ2) is 7.92. The van der Waals surface area contributed by atoms with Crippen molar-refractivity contribution >= 4 is 17.5 Å². The van der Waals surface area contributed by atoms with Gasteiger partial charge in [0.05, 0.1) is 13.2 Å². The number of methoxy groups -OCH3 is 1. The standard InChI is InChI=1S/C22H26N2O4/c1-14-6-5-7-15(10-14)23-20(25)12-21(26)24-18-13-22(2,3)28-19-9-8-16(27-4)11-17(18)19/h5-11,18H,12-13H2,1-4H3,(H,23,25)(H,24,26). The highest BCUT2D eigenvalue weighted by atomic mass is 16.5. The van der Waals surface area contributed by atoms with Gasteiger partial charge >= 0.3 is 0 Å². The molecule has 1 aliphatic rings. The predicted octanol–water partition coefficient (Wildman–Crippen LogP) is 3.75. The van der Waals surface area contributed by atoms with Crippen LogP contribution in [0.3, 0.4) is 0 Å². The Kier molecular flexibility index (Phi) is 5.58. The second-order valence-corrected chi connectivity index (χ2v) is 7.68. The third-order valence-electron chi connectivity index (χ3n) is 4.63. The highest BCUT2D eigenvalue weighted by Crippen LogP contribution is 2.41. The molecule has 0 aromatic heterocycles. The SMILES string of the molecule is COc1ccc2c(c1)C(NC(=O)CC(=O)Nc1cccc(C)c1)CC(C)(C)O2. The summed E-state index contributed by atoms with van der Waals surface area (Å²) in [6.07, 6.45) is 0.351. The summed E-state index contributed by atoms with van der Waals surface area (Å²) < 4.78 is 11.3. The van der Waals surface area contributed by atoms with Crippen molar-refractivity contribution in [3.05, 3.63) is 53.6 Å². The van der Waals surface area contributed by atoms with E-state index in [9.17, 15) is 9.59 Å². The molecule has 1 heterocycles. The summed E-state index contributed by atoms with van der Waals surface area (Å²) in [4.78, 5) is 24.7. The van der Waals surface area contributed by atoms with E-state index >= 15 is 0 Å². The van der Waals surface area contributed by atoms with E-state index < -0.39 is 5.60 Å². The van der Waals surface area contributed by atoms with Gasteiger partial charge in [0.1, 0.15) is 23.5 Å². The normalized spacial score (nSPS) is 17.1. The van der Waals surface area contributed by atoms with Crippen LogP contribution >= 0.6 is 0 Å². The van der Waals surface area contributed by atoms with Crippen LogP contribution in [0.5, 0.6) is 11.5 Å². The van der Waals surface area contributed by atoms with Crippen LogP contribution in [0.15, 0.2) is 42.5 Å². The first-order valence-corrected chi connectivity index (χ1v) is 9.28. The van der Waals surface area contributed by atoms with Crippen molar-refractivity contribution < 1.29 is 19.1 Å². The lowest BCUT2D eigenvalue weighted by Crippen LogP contribution is -2.42. The monoisotopic (exact) mass is 382 g/mol. The van der Waals surface area contributed by atoms with Gasteiger partial charge in [0.15, 0.2) is 0 Å². The molecule has 2 amide bonds. The van der Waals surface area contributed by atoms with Crippen LogP contribution < -0.4 is 20.1 Å². The molecule has 148 valence electrons. The zero-order chi connectivity index (χ0) is 20.3. The van der Waals surface area contributed by atoms with Gasteiger partial charge < -0.3 is 20.1 Å². The predicted molar refractivity (Wildman–Crippen MR) is 108 cm³/mol. The molecule has 0 spiro atoms. The Morgan fingerprint density at radius 3 is 2.68 bits per heavy atom. The van der Waals surface area contributed by atoms with Crippen LogP contribution in [0.25, 0.3) is 0 Å². The van der Waals surface area contributed by atoms with Gasteiger partial charge in [-0.1, -0.05) is 12.1 Å². The fraction of sp³-hybridized carbons (Fsp3) is 0.364. The van der Waals surface area contributed by atoms with Crippen LogP contribution in [-0.4, -0.2) is 24.5 Å². The molecule has 0 saturated heterocycles. The lowest BCUT2D eigenvalue weighted by molar-refractivity contribution is -0.127. The highest BCUT2D eigenvalue weighted by Gasteiger charge is 2.35. The molecule has 1 aliphatic heterocycles. The number of aryl methyl sites for hydroxylation is 1. The van der Waals surface area contributed by atoms with E-state index in [4.69, 9.17) is 9.47 Å². The van der Waals surface area contributed by atoms with Gasteiger partial charge in [-0.2, -0.15) is 0 Å². The Hall–Kier alpha value is -3.02. The maximum Gasteiger partial charge on any atom is 0.233 e. The molecule has 1 unspecified atom stereocenters. The van der Waals surface area contributed by atoms with Crippen molar-refractivity contribution in [2.24, 2.45) is 0 Å². The summed E-state index contributed by atoms with van der Waals surface area (Å²) in [5, 5.41) is 5.73. The minimum Gasteiger partial charge on any atom is -0.497 e. The number of ether oxygens (including phenoxy) is 2. The summed E-state index contributed by atoms with van der Waals surface area (Å²) in [6, 6.07) is 12.7. The van der Waals surface area contributed by atoms with E-state index in [0.29, 0.717) is 23.6 Å². The van der Waals surface area contributed by atoms with E-state index in [1.54, 1.807) is 13.2 Å². The lowest BCUT2D eigenvalue weighted by atomic mass is 9.89. The third-order valence-corrected chi connectivity index (χ3v) is 4.63. The van der Waals surface area contributed by atoms with E-state index in [-0.39, 0.29) is 24.3 Å². The molecule has 6 nitrogen and oxygen atoms in total. The molecule has 3 rings (SSSR count). The van der Waals surface area contributed by atoms with E-state index in [1.165, 1.54) is 0 Å². The Balaban J connectivity index is 1.68. The maximum atomic E-state index is 12.5. The molecule has 0 saturated carbocycles. The number of carbonyl (C=O) groups excluding carboxylic acids is 2. The molecule has 1 atom stereocenters. The van der Waals surface area contributed by atoms with Gasteiger partial charge in [-0.3, -0.25) is 9.59 Å². The van der Waals surface area contributed by atoms with E-state index in [0.717, 1.165) is 11.1 Å².